The van der Waals surface area contributed by atoms with Gasteiger partial charge in [-0.1, -0.05) is 0 Å². The molecule has 10 nitrogen and oxygen atoms in total. The normalized spacial score (nSPS) is 11.7. The third-order valence-electron chi connectivity index (χ3n) is 3.73. The van der Waals surface area contributed by atoms with Gasteiger partial charge in [-0.15, -0.1) is 5.10 Å². The van der Waals surface area contributed by atoms with E-state index in [1.54, 1.807) is 12.1 Å². The zero-order valence-corrected chi connectivity index (χ0v) is 15.1. The molecule has 0 fully saturated rings. The van der Waals surface area contributed by atoms with Gasteiger partial charge in [0, 0.05) is 12.1 Å². The van der Waals surface area contributed by atoms with Crippen molar-refractivity contribution >= 4 is 23.1 Å². The highest BCUT2D eigenvalue weighted by molar-refractivity contribution is 5.66. The number of rotatable bonds is 8. The maximum atomic E-state index is 13.0. The first-order valence-corrected chi connectivity index (χ1v) is 8.45. The molecule has 146 valence electrons. The molecule has 0 aliphatic rings. The van der Waals surface area contributed by atoms with Gasteiger partial charge in [0.25, 0.3) is 0 Å². The standard InChI is InChI=1S/C17H18FN7O3/c1-3-28-16-8-15(23-24-16)22-17-13(25(26)27)6-7-14(21-17)20-10(2)12-5-4-11(18)9-19-12/h4-10H,3H2,1-2H3,(H3,20,21,22,23,24)/t10-/m0/s1. The summed E-state index contributed by atoms with van der Waals surface area (Å²) in [4.78, 5) is 19.1. The van der Waals surface area contributed by atoms with Crippen LogP contribution in [0.5, 0.6) is 5.88 Å². The van der Waals surface area contributed by atoms with Gasteiger partial charge in [0.15, 0.2) is 0 Å². The van der Waals surface area contributed by atoms with E-state index in [0.717, 1.165) is 6.20 Å². The van der Waals surface area contributed by atoms with Crippen molar-refractivity contribution in [3.63, 3.8) is 0 Å². The Hall–Kier alpha value is -3.76. The van der Waals surface area contributed by atoms with Crippen LogP contribution < -0.4 is 15.4 Å². The van der Waals surface area contributed by atoms with E-state index in [-0.39, 0.29) is 17.5 Å². The molecule has 0 unspecified atom stereocenters. The van der Waals surface area contributed by atoms with Crippen molar-refractivity contribution in [2.24, 2.45) is 0 Å². The number of nitrogens with one attached hydrogen (secondary N) is 3. The molecular formula is C17H18FN7O3. The Morgan fingerprint density at radius 2 is 2.18 bits per heavy atom. The monoisotopic (exact) mass is 387 g/mol. The molecule has 3 aromatic heterocycles. The van der Waals surface area contributed by atoms with Crippen molar-refractivity contribution in [3.8, 4) is 5.88 Å². The predicted octanol–water partition coefficient (Wildman–Crippen LogP) is 3.56. The van der Waals surface area contributed by atoms with Crippen LogP contribution >= 0.6 is 0 Å². The van der Waals surface area contributed by atoms with Gasteiger partial charge >= 0.3 is 5.69 Å². The van der Waals surface area contributed by atoms with E-state index in [0.29, 0.717) is 29.8 Å². The zero-order chi connectivity index (χ0) is 20.1. The van der Waals surface area contributed by atoms with Crippen molar-refractivity contribution in [1.82, 2.24) is 20.2 Å². The average molecular weight is 387 g/mol. The third kappa shape index (κ3) is 4.50. The minimum Gasteiger partial charge on any atom is -0.477 e. The lowest BCUT2D eigenvalue weighted by molar-refractivity contribution is -0.384. The molecule has 11 heteroatoms. The minimum absolute atomic E-state index is 0.0287. The Kier molecular flexibility index (Phi) is 5.63. The first-order chi connectivity index (χ1) is 13.5. The van der Waals surface area contributed by atoms with Gasteiger partial charge in [-0.3, -0.25) is 20.2 Å². The van der Waals surface area contributed by atoms with E-state index in [1.165, 1.54) is 18.2 Å². The first kappa shape index (κ1) is 19.0. The lowest BCUT2D eigenvalue weighted by atomic mass is 10.2. The summed E-state index contributed by atoms with van der Waals surface area (Å²) in [6.07, 6.45) is 1.12. The van der Waals surface area contributed by atoms with Gasteiger partial charge in [0.1, 0.15) is 17.5 Å². The molecule has 1 atom stereocenters. The topological polar surface area (TPSA) is 131 Å². The molecule has 0 aliphatic heterocycles. The van der Waals surface area contributed by atoms with Crippen molar-refractivity contribution in [1.29, 1.82) is 0 Å². The third-order valence-corrected chi connectivity index (χ3v) is 3.73. The number of nitrogens with zero attached hydrogens (tertiary/aromatic N) is 4. The molecule has 0 aliphatic carbocycles. The van der Waals surface area contributed by atoms with E-state index >= 15 is 0 Å². The Bertz CT molecular complexity index is 962. The summed E-state index contributed by atoms with van der Waals surface area (Å²) >= 11 is 0. The molecule has 3 heterocycles. The summed E-state index contributed by atoms with van der Waals surface area (Å²) in [5.74, 6) is 0.738. The fourth-order valence-electron chi connectivity index (χ4n) is 2.43. The maximum absolute atomic E-state index is 13.0. The second kappa shape index (κ2) is 8.29. The van der Waals surface area contributed by atoms with Crippen LogP contribution in [-0.4, -0.2) is 31.7 Å². The van der Waals surface area contributed by atoms with Gasteiger partial charge in [-0.05, 0) is 32.0 Å². The first-order valence-electron chi connectivity index (χ1n) is 8.45. The zero-order valence-electron chi connectivity index (χ0n) is 15.1. The SMILES string of the molecule is CCOc1cc(Nc2nc(N[C@@H](C)c3ccc(F)cn3)ccc2[N+](=O)[O-])[nH]n1. The summed E-state index contributed by atoms with van der Waals surface area (Å²) in [7, 11) is 0. The maximum Gasteiger partial charge on any atom is 0.311 e. The molecular weight excluding hydrogens is 369 g/mol. The summed E-state index contributed by atoms with van der Waals surface area (Å²) in [6, 6.07) is 6.96. The van der Waals surface area contributed by atoms with Crippen LogP contribution in [0.1, 0.15) is 25.6 Å². The number of H-pyrrole nitrogens is 1. The van der Waals surface area contributed by atoms with Crippen molar-refractivity contribution in [2.75, 3.05) is 17.2 Å². The minimum atomic E-state index is -0.538. The summed E-state index contributed by atoms with van der Waals surface area (Å²) in [5.41, 5.74) is 0.400. The number of aromatic amines is 1. The van der Waals surface area contributed by atoms with Gasteiger partial charge in [-0.25, -0.2) is 9.37 Å². The molecule has 3 aromatic rings. The molecule has 0 radical (unpaired) electrons. The fourth-order valence-corrected chi connectivity index (χ4v) is 2.43. The number of halogens is 1. The quantitative estimate of drug-likeness (QED) is 0.395. The smallest absolute Gasteiger partial charge is 0.311 e. The van der Waals surface area contributed by atoms with Crippen LogP contribution in [0.2, 0.25) is 0 Å². The van der Waals surface area contributed by atoms with Crippen molar-refractivity contribution < 1.29 is 14.1 Å². The molecule has 0 bridgehead atoms. The van der Waals surface area contributed by atoms with Crippen molar-refractivity contribution in [2.45, 2.75) is 19.9 Å². The van der Waals surface area contributed by atoms with E-state index in [2.05, 4.69) is 30.8 Å². The second-order valence-corrected chi connectivity index (χ2v) is 5.77. The number of nitro groups is 1. The fraction of sp³-hybridized carbons (Fsp3) is 0.235. The van der Waals surface area contributed by atoms with Gasteiger partial charge < -0.3 is 15.4 Å². The lowest BCUT2D eigenvalue weighted by Crippen LogP contribution is -2.11. The van der Waals surface area contributed by atoms with Crippen molar-refractivity contribution in [3.05, 3.63) is 58.2 Å². The van der Waals surface area contributed by atoms with Crippen LogP contribution in [-0.2, 0) is 0 Å². The molecule has 0 aromatic carbocycles. The predicted molar refractivity (Wildman–Crippen MR) is 100 cm³/mol. The highest BCUT2D eigenvalue weighted by Crippen LogP contribution is 2.28. The molecule has 0 spiro atoms. The Morgan fingerprint density at radius 3 is 2.86 bits per heavy atom. The number of pyridine rings is 2. The molecule has 28 heavy (non-hydrogen) atoms. The van der Waals surface area contributed by atoms with Crippen LogP contribution in [0.15, 0.2) is 36.5 Å². The van der Waals surface area contributed by atoms with E-state index in [1.807, 2.05) is 13.8 Å². The highest BCUT2D eigenvalue weighted by Gasteiger charge is 2.18. The van der Waals surface area contributed by atoms with E-state index in [9.17, 15) is 14.5 Å². The van der Waals surface area contributed by atoms with Crippen LogP contribution in [0.3, 0.4) is 0 Å². The number of hydrogen-bond donors (Lipinski definition) is 3. The largest absolute Gasteiger partial charge is 0.477 e. The Morgan fingerprint density at radius 1 is 1.36 bits per heavy atom. The van der Waals surface area contributed by atoms with Gasteiger partial charge in [0.2, 0.25) is 11.7 Å². The second-order valence-electron chi connectivity index (χ2n) is 5.77. The summed E-state index contributed by atoms with van der Waals surface area (Å²) < 4.78 is 18.3. The molecule has 3 rings (SSSR count). The number of hydrogen-bond acceptors (Lipinski definition) is 8. The van der Waals surface area contributed by atoms with Crippen LogP contribution in [0.25, 0.3) is 0 Å². The Labute approximate surface area is 159 Å². The highest BCUT2D eigenvalue weighted by atomic mass is 19.1. The van der Waals surface area contributed by atoms with Gasteiger partial charge in [-0.2, -0.15) is 0 Å². The summed E-state index contributed by atoms with van der Waals surface area (Å²) in [6.45, 7) is 4.08. The van der Waals surface area contributed by atoms with Crippen LogP contribution in [0.4, 0.5) is 27.5 Å². The number of anilines is 3. The lowest BCUT2D eigenvalue weighted by Gasteiger charge is -2.15. The summed E-state index contributed by atoms with van der Waals surface area (Å²) in [5, 5.41) is 23.9. The average Bonchev–Trinajstić information content (AvgIpc) is 3.09. The molecule has 3 N–H and O–H groups in total. The molecule has 0 saturated heterocycles. The van der Waals surface area contributed by atoms with E-state index < -0.39 is 10.7 Å². The van der Waals surface area contributed by atoms with Gasteiger partial charge in [0.05, 0.1) is 29.5 Å². The molecule has 0 amide bonds. The number of ether oxygens (including phenoxy) is 1. The molecule has 0 saturated carbocycles. The van der Waals surface area contributed by atoms with E-state index in [4.69, 9.17) is 4.74 Å². The van der Waals surface area contributed by atoms with Crippen LogP contribution in [0, 0.1) is 15.9 Å². The number of aromatic nitrogens is 4. The Balaban J connectivity index is 1.82.